The molecule has 0 aliphatic heterocycles. The van der Waals surface area contributed by atoms with E-state index in [-0.39, 0.29) is 6.42 Å². The van der Waals surface area contributed by atoms with E-state index in [1.807, 2.05) is 5.32 Å². The zero-order valence-electron chi connectivity index (χ0n) is 17.0. The molecule has 0 spiro atoms. The molecule has 0 aromatic carbocycles. The highest BCUT2D eigenvalue weighted by molar-refractivity contribution is 5.94. The Labute approximate surface area is 177 Å². The molecule has 0 radical (unpaired) electrons. The monoisotopic (exact) mass is 448 g/mol. The van der Waals surface area contributed by atoms with Crippen molar-refractivity contribution in [3.8, 4) is 0 Å². The number of rotatable bonds is 14. The van der Waals surface area contributed by atoms with Gasteiger partial charge >= 0.3 is 17.9 Å². The first-order valence-corrected chi connectivity index (χ1v) is 9.27. The molecule has 0 aromatic rings. The van der Waals surface area contributed by atoms with Crippen molar-refractivity contribution in [2.75, 3.05) is 0 Å². The van der Waals surface area contributed by atoms with E-state index in [1.165, 1.54) is 6.92 Å². The molecule has 176 valence electrons. The smallest absolute Gasteiger partial charge is 0.326 e. The second kappa shape index (κ2) is 13.1. The second-order valence-electron chi connectivity index (χ2n) is 6.84. The molecule has 9 N–H and O–H groups in total. The predicted octanol–water partition coefficient (Wildman–Crippen LogP) is -3.02. The molecule has 0 rings (SSSR count). The first-order chi connectivity index (χ1) is 14.3. The second-order valence-corrected chi connectivity index (χ2v) is 6.84. The third-order valence-electron chi connectivity index (χ3n) is 4.02. The normalized spacial score (nSPS) is 15.5. The lowest BCUT2D eigenvalue weighted by molar-refractivity contribution is -0.144. The molecule has 5 atom stereocenters. The number of carboxylic acid groups (broad SMARTS) is 3. The average Bonchev–Trinajstić information content (AvgIpc) is 2.64. The quantitative estimate of drug-likeness (QED) is 0.133. The van der Waals surface area contributed by atoms with Crippen LogP contribution in [0.4, 0.5) is 0 Å². The lowest BCUT2D eigenvalue weighted by Crippen LogP contribution is -2.59. The van der Waals surface area contributed by atoms with E-state index in [1.54, 1.807) is 0 Å². The van der Waals surface area contributed by atoms with E-state index in [2.05, 4.69) is 10.6 Å². The molecule has 0 saturated carbocycles. The first kappa shape index (κ1) is 27.7. The van der Waals surface area contributed by atoms with Gasteiger partial charge in [0.05, 0.1) is 12.1 Å². The van der Waals surface area contributed by atoms with Crippen molar-refractivity contribution in [1.29, 1.82) is 0 Å². The number of hydrogen-bond acceptors (Lipinski definition) is 8. The third-order valence-corrected chi connectivity index (χ3v) is 4.02. The molecule has 0 aliphatic carbocycles. The van der Waals surface area contributed by atoms with E-state index in [4.69, 9.17) is 21.1 Å². The highest BCUT2D eigenvalue weighted by Crippen LogP contribution is 2.04. The molecule has 0 fully saturated rings. The van der Waals surface area contributed by atoms with Crippen LogP contribution in [0.1, 0.15) is 39.5 Å². The van der Waals surface area contributed by atoms with Gasteiger partial charge in [-0.15, -0.1) is 0 Å². The fourth-order valence-corrected chi connectivity index (χ4v) is 2.29. The van der Waals surface area contributed by atoms with E-state index < -0.39 is 85.2 Å². The highest BCUT2D eigenvalue weighted by atomic mass is 16.4. The van der Waals surface area contributed by atoms with Crippen molar-refractivity contribution in [3.05, 3.63) is 0 Å². The number of carbonyl (C=O) groups is 6. The summed E-state index contributed by atoms with van der Waals surface area (Å²) in [6, 6.07) is -5.67. The number of aliphatic carboxylic acids is 3. The number of amides is 3. The number of aliphatic hydroxyl groups is 1. The highest BCUT2D eigenvalue weighted by Gasteiger charge is 2.32. The van der Waals surface area contributed by atoms with E-state index in [0.29, 0.717) is 0 Å². The topological polar surface area (TPSA) is 245 Å². The van der Waals surface area contributed by atoms with Crippen molar-refractivity contribution in [2.24, 2.45) is 5.73 Å². The van der Waals surface area contributed by atoms with Gasteiger partial charge in [-0.05, 0) is 26.7 Å². The van der Waals surface area contributed by atoms with Crippen molar-refractivity contribution in [1.82, 2.24) is 16.0 Å². The molecule has 5 unspecified atom stereocenters. The summed E-state index contributed by atoms with van der Waals surface area (Å²) in [6.45, 7) is 2.46. The minimum atomic E-state index is -1.67. The van der Waals surface area contributed by atoms with Crippen LogP contribution in [-0.4, -0.2) is 86.3 Å². The summed E-state index contributed by atoms with van der Waals surface area (Å²) in [7, 11) is 0. The van der Waals surface area contributed by atoms with Gasteiger partial charge in [0.25, 0.3) is 0 Å². The van der Waals surface area contributed by atoms with Crippen molar-refractivity contribution < 1.29 is 49.2 Å². The summed E-state index contributed by atoms with van der Waals surface area (Å²) in [4.78, 5) is 69.4. The maximum Gasteiger partial charge on any atom is 0.326 e. The summed E-state index contributed by atoms with van der Waals surface area (Å²) in [5.74, 6) is -6.94. The molecule has 0 bridgehead atoms. The SMILES string of the molecule is CC(N)C(=O)NC(CCC(=O)O)C(=O)NC(C(=O)NC(CCC(=O)O)C(=O)O)C(C)O. The molecular formula is C17H28N4O10. The maximum atomic E-state index is 12.5. The number of carboxylic acids is 3. The number of nitrogens with one attached hydrogen (secondary N) is 3. The van der Waals surface area contributed by atoms with Crippen molar-refractivity contribution in [2.45, 2.75) is 69.8 Å². The van der Waals surface area contributed by atoms with E-state index >= 15 is 0 Å². The van der Waals surface area contributed by atoms with Gasteiger partial charge in [-0.25, -0.2) is 4.79 Å². The van der Waals surface area contributed by atoms with Gasteiger partial charge in [0.2, 0.25) is 17.7 Å². The standard InChI is InChI=1S/C17H28N4O10/c1-7(18)14(27)19-9(3-5-11(23)24)15(28)21-13(8(2)22)16(29)20-10(17(30)31)4-6-12(25)26/h7-10,13,22H,3-6,18H2,1-2H3,(H,19,27)(H,20,29)(H,21,28)(H,23,24)(H,25,26)(H,30,31). The molecule has 0 saturated heterocycles. The third kappa shape index (κ3) is 10.9. The van der Waals surface area contributed by atoms with Gasteiger partial charge in [0.1, 0.15) is 18.1 Å². The fourth-order valence-electron chi connectivity index (χ4n) is 2.29. The largest absolute Gasteiger partial charge is 0.481 e. The Kier molecular flexibility index (Phi) is 11.7. The Morgan fingerprint density at radius 1 is 0.742 bits per heavy atom. The summed E-state index contributed by atoms with van der Waals surface area (Å²) in [6.07, 6.45) is -3.35. The molecule has 0 aliphatic rings. The Bertz CT molecular complexity index is 694. The Hall–Kier alpha value is -3.26. The fraction of sp³-hybridized carbons (Fsp3) is 0.647. The Morgan fingerprint density at radius 3 is 1.58 bits per heavy atom. The van der Waals surface area contributed by atoms with Crippen LogP contribution in [-0.2, 0) is 28.8 Å². The Morgan fingerprint density at radius 2 is 1.19 bits per heavy atom. The van der Waals surface area contributed by atoms with Gasteiger partial charge in [0.15, 0.2) is 0 Å². The van der Waals surface area contributed by atoms with Crippen LogP contribution in [0.3, 0.4) is 0 Å². The van der Waals surface area contributed by atoms with Gasteiger partial charge in [0, 0.05) is 12.8 Å². The summed E-state index contributed by atoms with van der Waals surface area (Å²) >= 11 is 0. The molecule has 0 heterocycles. The van der Waals surface area contributed by atoms with Crippen LogP contribution < -0.4 is 21.7 Å². The molecule has 14 heteroatoms. The molecule has 14 nitrogen and oxygen atoms in total. The lowest BCUT2D eigenvalue weighted by Gasteiger charge is -2.26. The van der Waals surface area contributed by atoms with Gasteiger partial charge in [-0.3, -0.25) is 24.0 Å². The maximum absolute atomic E-state index is 12.5. The summed E-state index contributed by atoms with van der Waals surface area (Å²) in [5.41, 5.74) is 5.41. The minimum Gasteiger partial charge on any atom is -0.481 e. The summed E-state index contributed by atoms with van der Waals surface area (Å²) < 4.78 is 0. The number of carbonyl (C=O) groups excluding carboxylic acids is 3. The van der Waals surface area contributed by atoms with Crippen LogP contribution >= 0.6 is 0 Å². The van der Waals surface area contributed by atoms with Crippen LogP contribution in [0.15, 0.2) is 0 Å². The van der Waals surface area contributed by atoms with Crippen molar-refractivity contribution in [3.63, 3.8) is 0 Å². The van der Waals surface area contributed by atoms with Crippen LogP contribution in [0.25, 0.3) is 0 Å². The van der Waals surface area contributed by atoms with Gasteiger partial charge in [-0.2, -0.15) is 0 Å². The molecule has 0 aromatic heterocycles. The Balaban J connectivity index is 5.38. The zero-order valence-corrected chi connectivity index (χ0v) is 17.0. The predicted molar refractivity (Wildman–Crippen MR) is 102 cm³/mol. The zero-order chi connectivity index (χ0) is 24.3. The van der Waals surface area contributed by atoms with Gasteiger partial charge in [-0.1, -0.05) is 0 Å². The molecule has 31 heavy (non-hydrogen) atoms. The number of aliphatic hydroxyl groups excluding tert-OH is 1. The molecular weight excluding hydrogens is 420 g/mol. The summed E-state index contributed by atoms with van der Waals surface area (Å²) in [5, 5.41) is 42.9. The van der Waals surface area contributed by atoms with Crippen LogP contribution in [0, 0.1) is 0 Å². The molecule has 3 amide bonds. The van der Waals surface area contributed by atoms with E-state index in [0.717, 1.165) is 6.92 Å². The van der Waals surface area contributed by atoms with Crippen LogP contribution in [0.5, 0.6) is 0 Å². The van der Waals surface area contributed by atoms with Crippen LogP contribution in [0.2, 0.25) is 0 Å². The van der Waals surface area contributed by atoms with E-state index in [9.17, 15) is 33.9 Å². The number of hydrogen-bond donors (Lipinski definition) is 8. The lowest BCUT2D eigenvalue weighted by atomic mass is 10.1. The minimum absolute atomic E-state index is 0.343. The van der Waals surface area contributed by atoms with Gasteiger partial charge < -0.3 is 42.1 Å². The van der Waals surface area contributed by atoms with Crippen molar-refractivity contribution >= 4 is 35.6 Å². The number of nitrogens with two attached hydrogens (primary N) is 1. The first-order valence-electron chi connectivity index (χ1n) is 9.27. The average molecular weight is 448 g/mol.